The van der Waals surface area contributed by atoms with Gasteiger partial charge < -0.3 is 15.2 Å². The lowest BCUT2D eigenvalue weighted by molar-refractivity contribution is -0.149. The zero-order chi connectivity index (χ0) is 17.3. The van der Waals surface area contributed by atoms with E-state index in [9.17, 15) is 13.2 Å². The molecule has 0 aromatic heterocycles. The zero-order valence-electron chi connectivity index (χ0n) is 13.6. The van der Waals surface area contributed by atoms with Crippen molar-refractivity contribution in [1.29, 1.82) is 0 Å². The maximum atomic E-state index is 12.5. The molecule has 0 aliphatic heterocycles. The van der Waals surface area contributed by atoms with E-state index >= 15 is 0 Å². The van der Waals surface area contributed by atoms with Crippen molar-refractivity contribution in [3.63, 3.8) is 0 Å². The fourth-order valence-corrected chi connectivity index (χ4v) is 5.31. The first-order valence-electron chi connectivity index (χ1n) is 7.61. The second-order valence-electron chi connectivity index (χ2n) is 5.59. The standard InChI is InChI=1S/C16H23NO5S/c1-4-22-15(18)16(10-17)13(14(16)23(19,20)5-2)11-6-8-12(21-3)9-7-11/h6-9,13-14H,4-5,10,17H2,1-3H3. The molecule has 0 radical (unpaired) electrons. The number of esters is 1. The Hall–Kier alpha value is -1.60. The number of carbonyl (C=O) groups is 1. The highest BCUT2D eigenvalue weighted by molar-refractivity contribution is 7.92. The van der Waals surface area contributed by atoms with Crippen LogP contribution in [0.4, 0.5) is 0 Å². The van der Waals surface area contributed by atoms with Gasteiger partial charge in [0, 0.05) is 18.2 Å². The molecule has 1 fully saturated rings. The number of nitrogens with two attached hydrogens (primary N) is 1. The second-order valence-corrected chi connectivity index (χ2v) is 8.00. The van der Waals surface area contributed by atoms with Gasteiger partial charge in [0.2, 0.25) is 0 Å². The van der Waals surface area contributed by atoms with Crippen LogP contribution in [0.5, 0.6) is 5.75 Å². The fourth-order valence-electron chi connectivity index (χ4n) is 3.23. The van der Waals surface area contributed by atoms with Crippen molar-refractivity contribution in [2.45, 2.75) is 25.0 Å². The summed E-state index contributed by atoms with van der Waals surface area (Å²) in [5.74, 6) is -0.391. The van der Waals surface area contributed by atoms with E-state index in [2.05, 4.69) is 0 Å². The number of benzene rings is 1. The Morgan fingerprint density at radius 1 is 1.26 bits per heavy atom. The van der Waals surface area contributed by atoms with Gasteiger partial charge in [-0.25, -0.2) is 8.42 Å². The predicted octanol–water partition coefficient (Wildman–Crippen LogP) is 1.10. The first kappa shape index (κ1) is 17.7. The number of ether oxygens (including phenoxy) is 2. The van der Waals surface area contributed by atoms with Crippen molar-refractivity contribution in [3.8, 4) is 5.75 Å². The SMILES string of the molecule is CCOC(=O)C1(CN)C(c2ccc(OC)cc2)C1S(=O)(=O)CC. The van der Waals surface area contributed by atoms with E-state index in [1.54, 1.807) is 45.2 Å². The second kappa shape index (κ2) is 6.49. The minimum atomic E-state index is -3.43. The van der Waals surface area contributed by atoms with Crippen molar-refractivity contribution in [2.24, 2.45) is 11.1 Å². The lowest BCUT2D eigenvalue weighted by atomic mass is 9.99. The van der Waals surface area contributed by atoms with Crippen LogP contribution in [0.1, 0.15) is 25.3 Å². The molecule has 23 heavy (non-hydrogen) atoms. The lowest BCUT2D eigenvalue weighted by Crippen LogP contribution is -2.34. The molecule has 3 atom stereocenters. The first-order chi connectivity index (χ1) is 10.9. The van der Waals surface area contributed by atoms with Gasteiger partial charge in [0.25, 0.3) is 0 Å². The summed E-state index contributed by atoms with van der Waals surface area (Å²) in [4.78, 5) is 12.4. The summed E-state index contributed by atoms with van der Waals surface area (Å²) in [5, 5.41) is -0.836. The molecule has 2 rings (SSSR count). The summed E-state index contributed by atoms with van der Waals surface area (Å²) < 4.78 is 35.2. The highest BCUT2D eigenvalue weighted by atomic mass is 32.2. The van der Waals surface area contributed by atoms with E-state index in [1.807, 2.05) is 0 Å². The third-order valence-electron chi connectivity index (χ3n) is 4.51. The fraction of sp³-hybridized carbons (Fsp3) is 0.562. The Balaban J connectivity index is 2.47. The van der Waals surface area contributed by atoms with Gasteiger partial charge in [0.15, 0.2) is 9.84 Å². The Kier molecular flexibility index (Phi) is 5.01. The topological polar surface area (TPSA) is 95.7 Å². The maximum absolute atomic E-state index is 12.5. The minimum absolute atomic E-state index is 0.0362. The number of sulfone groups is 1. The molecule has 0 spiro atoms. The van der Waals surface area contributed by atoms with Crippen LogP contribution in [0.2, 0.25) is 0 Å². The van der Waals surface area contributed by atoms with Gasteiger partial charge in [-0.15, -0.1) is 0 Å². The Bertz CT molecular complexity index is 670. The largest absolute Gasteiger partial charge is 0.497 e. The molecule has 2 N–H and O–H groups in total. The monoisotopic (exact) mass is 341 g/mol. The van der Waals surface area contributed by atoms with Crippen LogP contribution in [-0.4, -0.2) is 45.7 Å². The molecule has 1 aliphatic rings. The first-order valence-corrected chi connectivity index (χ1v) is 9.33. The molecule has 0 heterocycles. The summed E-state index contributed by atoms with van der Waals surface area (Å²) in [5.41, 5.74) is 5.40. The van der Waals surface area contributed by atoms with Gasteiger partial charge in [0.1, 0.15) is 11.2 Å². The summed E-state index contributed by atoms with van der Waals surface area (Å²) >= 11 is 0. The lowest BCUT2D eigenvalue weighted by Gasteiger charge is -2.14. The smallest absolute Gasteiger partial charge is 0.315 e. The molecular formula is C16H23NO5S. The van der Waals surface area contributed by atoms with Gasteiger partial charge >= 0.3 is 5.97 Å². The molecule has 0 saturated heterocycles. The van der Waals surface area contributed by atoms with Crippen molar-refractivity contribution < 1.29 is 22.7 Å². The molecule has 128 valence electrons. The van der Waals surface area contributed by atoms with E-state index in [0.717, 1.165) is 5.56 Å². The van der Waals surface area contributed by atoms with Gasteiger partial charge in [-0.05, 0) is 24.6 Å². The normalized spacial score (nSPS) is 26.6. The van der Waals surface area contributed by atoms with Crippen LogP contribution < -0.4 is 10.5 Å². The zero-order valence-corrected chi connectivity index (χ0v) is 14.4. The van der Waals surface area contributed by atoms with Gasteiger partial charge in [-0.1, -0.05) is 19.1 Å². The van der Waals surface area contributed by atoms with E-state index in [-0.39, 0.29) is 18.9 Å². The molecule has 0 bridgehead atoms. The Morgan fingerprint density at radius 2 is 1.87 bits per heavy atom. The Labute approximate surface area is 136 Å². The number of hydrogen-bond acceptors (Lipinski definition) is 6. The van der Waals surface area contributed by atoms with Gasteiger partial charge in [0.05, 0.1) is 19.0 Å². The van der Waals surface area contributed by atoms with Crippen LogP contribution in [0.25, 0.3) is 0 Å². The predicted molar refractivity (Wildman–Crippen MR) is 87.1 cm³/mol. The summed E-state index contributed by atoms with van der Waals surface area (Å²) in [6.07, 6.45) is 0. The highest BCUT2D eigenvalue weighted by Gasteiger charge is 2.75. The minimum Gasteiger partial charge on any atom is -0.497 e. The van der Waals surface area contributed by atoms with Crippen LogP contribution in [0.3, 0.4) is 0 Å². The molecule has 1 aromatic rings. The van der Waals surface area contributed by atoms with Crippen molar-refractivity contribution in [3.05, 3.63) is 29.8 Å². The van der Waals surface area contributed by atoms with E-state index in [4.69, 9.17) is 15.2 Å². The number of carbonyl (C=O) groups excluding carboxylic acids is 1. The molecule has 0 amide bonds. The van der Waals surface area contributed by atoms with Gasteiger partial charge in [-0.2, -0.15) is 0 Å². The maximum Gasteiger partial charge on any atom is 0.315 e. The molecule has 1 saturated carbocycles. The average Bonchev–Trinajstić information content (AvgIpc) is 3.26. The van der Waals surface area contributed by atoms with E-state index in [1.165, 1.54) is 0 Å². The molecule has 3 unspecified atom stereocenters. The number of hydrogen-bond donors (Lipinski definition) is 1. The highest BCUT2D eigenvalue weighted by Crippen LogP contribution is 2.63. The third kappa shape index (κ3) is 2.83. The van der Waals surface area contributed by atoms with Crippen molar-refractivity contribution in [1.82, 2.24) is 0 Å². The van der Waals surface area contributed by atoms with Crippen LogP contribution in [0, 0.1) is 5.41 Å². The third-order valence-corrected chi connectivity index (χ3v) is 6.79. The van der Waals surface area contributed by atoms with E-state index < -0.39 is 32.4 Å². The number of rotatable bonds is 7. The molecular weight excluding hydrogens is 318 g/mol. The summed E-state index contributed by atoms with van der Waals surface area (Å²) in [7, 11) is -1.88. The van der Waals surface area contributed by atoms with Crippen LogP contribution >= 0.6 is 0 Å². The quantitative estimate of drug-likeness (QED) is 0.746. The van der Waals surface area contributed by atoms with Crippen LogP contribution in [-0.2, 0) is 19.4 Å². The average molecular weight is 341 g/mol. The summed E-state index contributed by atoms with van der Waals surface area (Å²) in [6.45, 7) is 3.39. The van der Waals surface area contributed by atoms with E-state index in [0.29, 0.717) is 5.75 Å². The molecule has 1 aromatic carbocycles. The van der Waals surface area contributed by atoms with Crippen molar-refractivity contribution in [2.75, 3.05) is 26.0 Å². The molecule has 7 heteroatoms. The Morgan fingerprint density at radius 3 is 2.30 bits per heavy atom. The van der Waals surface area contributed by atoms with Gasteiger partial charge in [-0.3, -0.25) is 4.79 Å². The summed E-state index contributed by atoms with van der Waals surface area (Å²) in [6, 6.07) is 7.04. The molecule has 1 aliphatic carbocycles. The molecule has 6 nitrogen and oxygen atoms in total. The van der Waals surface area contributed by atoms with Crippen molar-refractivity contribution >= 4 is 15.8 Å². The van der Waals surface area contributed by atoms with Crippen LogP contribution in [0.15, 0.2) is 24.3 Å². The number of methoxy groups -OCH3 is 1.